The highest BCUT2D eigenvalue weighted by atomic mass is 16.5. The zero-order valence-corrected chi connectivity index (χ0v) is 13.9. The van der Waals surface area contributed by atoms with Crippen LogP contribution >= 0.6 is 0 Å². The first-order chi connectivity index (χ1) is 10.5. The molecule has 0 spiro atoms. The quantitative estimate of drug-likeness (QED) is 0.834. The van der Waals surface area contributed by atoms with Gasteiger partial charge in [0.15, 0.2) is 0 Å². The van der Waals surface area contributed by atoms with Crippen LogP contribution in [0, 0.1) is 13.8 Å². The molecule has 0 amide bonds. The number of carbonyl (C=O) groups is 1. The van der Waals surface area contributed by atoms with E-state index in [9.17, 15) is 4.79 Å². The number of methoxy groups -OCH3 is 1. The van der Waals surface area contributed by atoms with Crippen molar-refractivity contribution in [2.45, 2.75) is 52.1 Å². The molecule has 1 unspecified atom stereocenters. The monoisotopic (exact) mass is 306 g/mol. The second-order valence-corrected chi connectivity index (χ2v) is 5.83. The van der Waals surface area contributed by atoms with Gasteiger partial charge in [0.05, 0.1) is 7.11 Å². The van der Waals surface area contributed by atoms with Gasteiger partial charge in [0.2, 0.25) is 0 Å². The smallest absolute Gasteiger partial charge is 0.322 e. The van der Waals surface area contributed by atoms with Crippen molar-refractivity contribution >= 4 is 11.8 Å². The first-order valence-corrected chi connectivity index (χ1v) is 7.94. The van der Waals surface area contributed by atoms with E-state index >= 15 is 0 Å². The van der Waals surface area contributed by atoms with Crippen LogP contribution in [0.5, 0.6) is 0 Å². The molecule has 1 aromatic heterocycles. The Bertz CT molecular complexity index is 493. The van der Waals surface area contributed by atoms with Gasteiger partial charge >= 0.3 is 5.97 Å². The first kappa shape index (κ1) is 16.7. The molecule has 122 valence electrons. The Balaban J connectivity index is 1.91. The number of piperidine rings is 1. The number of hydrogen-bond donors (Lipinski definition) is 1. The fourth-order valence-corrected chi connectivity index (χ4v) is 2.91. The topological polar surface area (TPSA) is 67.3 Å². The predicted molar refractivity (Wildman–Crippen MR) is 86.0 cm³/mol. The van der Waals surface area contributed by atoms with Gasteiger partial charge in [0, 0.05) is 30.9 Å². The van der Waals surface area contributed by atoms with Crippen molar-refractivity contribution in [1.29, 1.82) is 0 Å². The molecule has 0 bridgehead atoms. The lowest BCUT2D eigenvalue weighted by molar-refractivity contribution is -0.143. The predicted octanol–water partition coefficient (Wildman–Crippen LogP) is 1.60. The Kier molecular flexibility index (Phi) is 5.71. The molecule has 1 atom stereocenters. The van der Waals surface area contributed by atoms with E-state index < -0.39 is 0 Å². The van der Waals surface area contributed by atoms with Crippen molar-refractivity contribution in [3.8, 4) is 0 Å². The summed E-state index contributed by atoms with van der Waals surface area (Å²) in [6, 6.07) is 2.18. The number of aromatic nitrogens is 2. The van der Waals surface area contributed by atoms with Crippen molar-refractivity contribution in [2.75, 3.05) is 25.1 Å². The second kappa shape index (κ2) is 7.54. The highest BCUT2D eigenvalue weighted by molar-refractivity contribution is 5.75. The summed E-state index contributed by atoms with van der Waals surface area (Å²) in [6.45, 7) is 7.79. The number of anilines is 1. The Morgan fingerprint density at radius 1 is 1.41 bits per heavy atom. The molecule has 1 aliphatic heterocycles. The highest BCUT2D eigenvalue weighted by Crippen LogP contribution is 2.19. The molecule has 0 aromatic carbocycles. The Morgan fingerprint density at radius 2 is 2.09 bits per heavy atom. The Morgan fingerprint density at radius 3 is 2.64 bits per heavy atom. The minimum absolute atomic E-state index is 0.174. The third kappa shape index (κ3) is 4.16. The average molecular weight is 306 g/mol. The first-order valence-electron chi connectivity index (χ1n) is 7.94. The van der Waals surface area contributed by atoms with Crippen LogP contribution in [0.4, 0.5) is 5.82 Å². The van der Waals surface area contributed by atoms with E-state index in [1.54, 1.807) is 0 Å². The number of aryl methyl sites for hydroxylation is 2. The number of ether oxygens (including phenoxy) is 1. The van der Waals surface area contributed by atoms with Crippen molar-refractivity contribution in [1.82, 2.24) is 15.3 Å². The molecule has 2 rings (SSSR count). The maximum absolute atomic E-state index is 11.7. The molecule has 6 heteroatoms. The lowest BCUT2D eigenvalue weighted by Crippen LogP contribution is -2.49. The van der Waals surface area contributed by atoms with Crippen LogP contribution < -0.4 is 10.2 Å². The van der Waals surface area contributed by atoms with Gasteiger partial charge in [0.1, 0.15) is 17.7 Å². The second-order valence-electron chi connectivity index (χ2n) is 5.83. The molecule has 1 aromatic rings. The molecule has 1 N–H and O–H groups in total. The SMILES string of the molecule is CCC(NC1CCN(c2cc(C)nc(C)n2)CC1)C(=O)OC. The number of esters is 1. The highest BCUT2D eigenvalue weighted by Gasteiger charge is 2.25. The van der Waals surface area contributed by atoms with Gasteiger partial charge in [-0.25, -0.2) is 9.97 Å². The molecule has 22 heavy (non-hydrogen) atoms. The van der Waals surface area contributed by atoms with E-state index in [0.29, 0.717) is 6.04 Å². The summed E-state index contributed by atoms with van der Waals surface area (Å²) in [5.74, 6) is 1.64. The lowest BCUT2D eigenvalue weighted by atomic mass is 10.0. The van der Waals surface area contributed by atoms with Gasteiger partial charge in [-0.1, -0.05) is 6.92 Å². The van der Waals surface area contributed by atoms with E-state index in [-0.39, 0.29) is 12.0 Å². The van der Waals surface area contributed by atoms with Crippen LogP contribution in [0.25, 0.3) is 0 Å². The summed E-state index contributed by atoms with van der Waals surface area (Å²) in [5, 5.41) is 3.42. The molecule has 6 nitrogen and oxygen atoms in total. The number of rotatable bonds is 5. The number of nitrogens with zero attached hydrogens (tertiary/aromatic N) is 3. The standard InChI is InChI=1S/C16H26N4O2/c1-5-14(16(21)22-4)19-13-6-8-20(9-7-13)15-10-11(2)17-12(3)18-15/h10,13-14,19H,5-9H2,1-4H3. The summed E-state index contributed by atoms with van der Waals surface area (Å²) < 4.78 is 4.83. The maximum atomic E-state index is 11.7. The third-order valence-corrected chi connectivity index (χ3v) is 4.10. The Labute approximate surface area is 132 Å². The molecule has 0 radical (unpaired) electrons. The molecule has 1 aliphatic rings. The summed E-state index contributed by atoms with van der Waals surface area (Å²) in [7, 11) is 1.44. The zero-order valence-electron chi connectivity index (χ0n) is 13.9. The lowest BCUT2D eigenvalue weighted by Gasteiger charge is -2.34. The van der Waals surface area contributed by atoms with Gasteiger partial charge in [-0.15, -0.1) is 0 Å². The Hall–Kier alpha value is -1.69. The van der Waals surface area contributed by atoms with Gasteiger partial charge in [-0.2, -0.15) is 0 Å². The summed E-state index contributed by atoms with van der Waals surface area (Å²) in [5.41, 5.74) is 1.000. The summed E-state index contributed by atoms with van der Waals surface area (Å²) in [6.07, 6.45) is 2.74. The number of carbonyl (C=O) groups excluding carboxylic acids is 1. The minimum atomic E-state index is -0.204. The van der Waals surface area contributed by atoms with E-state index in [4.69, 9.17) is 4.74 Å². The third-order valence-electron chi connectivity index (χ3n) is 4.10. The van der Waals surface area contributed by atoms with Crippen LogP contribution in [0.1, 0.15) is 37.7 Å². The number of hydrogen-bond acceptors (Lipinski definition) is 6. The van der Waals surface area contributed by atoms with Crippen molar-refractivity contribution in [3.63, 3.8) is 0 Å². The molecule has 1 fully saturated rings. The van der Waals surface area contributed by atoms with Crippen LogP contribution in [0.15, 0.2) is 6.07 Å². The van der Waals surface area contributed by atoms with Gasteiger partial charge < -0.3 is 15.0 Å². The summed E-state index contributed by atoms with van der Waals surface area (Å²) >= 11 is 0. The van der Waals surface area contributed by atoms with Crippen LogP contribution in [0.2, 0.25) is 0 Å². The van der Waals surface area contributed by atoms with E-state index in [1.807, 2.05) is 26.8 Å². The van der Waals surface area contributed by atoms with Gasteiger partial charge in [0.25, 0.3) is 0 Å². The van der Waals surface area contributed by atoms with E-state index in [1.165, 1.54) is 7.11 Å². The van der Waals surface area contributed by atoms with Gasteiger partial charge in [-0.3, -0.25) is 4.79 Å². The maximum Gasteiger partial charge on any atom is 0.322 e. The molecule has 2 heterocycles. The van der Waals surface area contributed by atoms with Crippen molar-refractivity contribution < 1.29 is 9.53 Å². The van der Waals surface area contributed by atoms with Crippen molar-refractivity contribution in [2.24, 2.45) is 0 Å². The normalized spacial score (nSPS) is 17.4. The minimum Gasteiger partial charge on any atom is -0.468 e. The molecule has 0 saturated carbocycles. The molecular formula is C16H26N4O2. The zero-order chi connectivity index (χ0) is 16.1. The fraction of sp³-hybridized carbons (Fsp3) is 0.688. The van der Waals surface area contributed by atoms with Crippen LogP contribution in [-0.2, 0) is 9.53 Å². The number of nitrogens with one attached hydrogen (secondary N) is 1. The van der Waals surface area contributed by atoms with Crippen LogP contribution in [0.3, 0.4) is 0 Å². The fourth-order valence-electron chi connectivity index (χ4n) is 2.91. The largest absolute Gasteiger partial charge is 0.468 e. The molecular weight excluding hydrogens is 280 g/mol. The van der Waals surface area contributed by atoms with Gasteiger partial charge in [-0.05, 0) is 33.1 Å². The average Bonchev–Trinajstić information content (AvgIpc) is 2.51. The summed E-state index contributed by atoms with van der Waals surface area (Å²) in [4.78, 5) is 22.8. The van der Waals surface area contributed by atoms with Crippen molar-refractivity contribution in [3.05, 3.63) is 17.6 Å². The molecule has 1 saturated heterocycles. The van der Waals surface area contributed by atoms with Crippen LogP contribution in [-0.4, -0.2) is 48.2 Å². The van der Waals surface area contributed by atoms with E-state index in [2.05, 4.69) is 20.2 Å². The van der Waals surface area contributed by atoms with E-state index in [0.717, 1.165) is 49.7 Å². The molecule has 0 aliphatic carbocycles.